The highest BCUT2D eigenvalue weighted by Crippen LogP contribution is 2.25. The lowest BCUT2D eigenvalue weighted by Gasteiger charge is -1.99. The van der Waals surface area contributed by atoms with Crippen LogP contribution in [0.2, 0.25) is 0 Å². The van der Waals surface area contributed by atoms with E-state index in [0.29, 0.717) is 0 Å². The number of rotatable bonds is 1. The Hall–Kier alpha value is -2.10. The molecule has 3 heterocycles. The maximum absolute atomic E-state index is 4.44. The maximum atomic E-state index is 4.44. The quantitative estimate of drug-likeness (QED) is 0.693. The van der Waals surface area contributed by atoms with E-state index in [1.165, 1.54) is 10.9 Å². The van der Waals surface area contributed by atoms with Gasteiger partial charge in [0.2, 0.25) is 0 Å². The van der Waals surface area contributed by atoms with Gasteiger partial charge in [0.15, 0.2) is 0 Å². The highest BCUT2D eigenvalue weighted by Gasteiger charge is 2.08. The van der Waals surface area contributed by atoms with Gasteiger partial charge in [0.25, 0.3) is 0 Å². The molecule has 0 spiro atoms. The normalized spacial score (nSPS) is 11.2. The van der Waals surface area contributed by atoms with Crippen molar-refractivity contribution in [2.24, 2.45) is 7.05 Å². The first-order valence-corrected chi connectivity index (χ1v) is 5.59. The van der Waals surface area contributed by atoms with Crippen LogP contribution in [0.3, 0.4) is 0 Å². The zero-order chi connectivity index (χ0) is 12.0. The molecule has 3 aromatic heterocycles. The highest BCUT2D eigenvalue weighted by molar-refractivity contribution is 5.84. The minimum absolute atomic E-state index is 0.938. The summed E-state index contributed by atoms with van der Waals surface area (Å²) in [5.74, 6) is 0. The summed E-state index contributed by atoms with van der Waals surface area (Å²) in [5.41, 5.74) is 5.44. The van der Waals surface area contributed by atoms with Gasteiger partial charge in [-0.15, -0.1) is 0 Å². The molecule has 0 radical (unpaired) electrons. The van der Waals surface area contributed by atoms with Gasteiger partial charge in [-0.05, 0) is 25.5 Å². The molecule has 0 bridgehead atoms. The molecule has 3 aromatic rings. The molecule has 0 aliphatic rings. The third kappa shape index (κ3) is 1.53. The summed E-state index contributed by atoms with van der Waals surface area (Å²) in [6, 6.07) is 2.16. The average Bonchev–Trinajstić information content (AvgIpc) is 2.83. The molecule has 4 heteroatoms. The summed E-state index contributed by atoms with van der Waals surface area (Å²) in [5, 5.41) is 5.53. The molecule has 86 valence electrons. The number of aromatic amines is 1. The Kier molecular flexibility index (Phi) is 2.04. The molecule has 0 amide bonds. The largest absolute Gasteiger partial charge is 0.346 e. The number of aromatic nitrogens is 4. The molecule has 0 saturated heterocycles. The van der Waals surface area contributed by atoms with E-state index < -0.39 is 0 Å². The van der Waals surface area contributed by atoms with Crippen LogP contribution in [-0.2, 0) is 7.05 Å². The molecule has 0 aliphatic heterocycles. The standard InChI is InChI=1S/C13H14N4/c1-8-5-14-13-11(8)4-10(6-15-13)12-7-17(3)16-9(12)2/h4-7H,1-3H3,(H,14,15). The monoisotopic (exact) mass is 226 g/mol. The lowest BCUT2D eigenvalue weighted by molar-refractivity contribution is 0.756. The Labute approximate surface area is 99.3 Å². The first-order chi connectivity index (χ1) is 8.15. The van der Waals surface area contributed by atoms with Gasteiger partial charge >= 0.3 is 0 Å². The zero-order valence-corrected chi connectivity index (χ0v) is 10.2. The van der Waals surface area contributed by atoms with Gasteiger partial charge in [-0.3, -0.25) is 4.68 Å². The highest BCUT2D eigenvalue weighted by atomic mass is 15.2. The van der Waals surface area contributed by atoms with Crippen LogP contribution in [0.5, 0.6) is 0 Å². The van der Waals surface area contributed by atoms with Crippen LogP contribution in [0, 0.1) is 13.8 Å². The summed E-state index contributed by atoms with van der Waals surface area (Å²) < 4.78 is 1.83. The van der Waals surface area contributed by atoms with Crippen molar-refractivity contribution in [1.82, 2.24) is 19.7 Å². The molecular formula is C13H14N4. The Morgan fingerprint density at radius 2 is 2.12 bits per heavy atom. The minimum Gasteiger partial charge on any atom is -0.346 e. The minimum atomic E-state index is 0.938. The smallest absolute Gasteiger partial charge is 0.137 e. The van der Waals surface area contributed by atoms with Crippen molar-refractivity contribution in [2.45, 2.75) is 13.8 Å². The molecule has 4 nitrogen and oxygen atoms in total. The van der Waals surface area contributed by atoms with Crippen LogP contribution in [0.15, 0.2) is 24.7 Å². The van der Waals surface area contributed by atoms with Crippen LogP contribution < -0.4 is 0 Å². The topological polar surface area (TPSA) is 46.5 Å². The van der Waals surface area contributed by atoms with E-state index in [2.05, 4.69) is 28.1 Å². The van der Waals surface area contributed by atoms with E-state index in [1.807, 2.05) is 37.2 Å². The fourth-order valence-electron chi connectivity index (χ4n) is 2.17. The van der Waals surface area contributed by atoms with Crippen molar-refractivity contribution < 1.29 is 0 Å². The SMILES string of the molecule is Cc1nn(C)cc1-c1cnc2[nH]cc(C)c2c1. The second-order valence-corrected chi connectivity index (χ2v) is 4.39. The average molecular weight is 226 g/mol. The fourth-order valence-corrected chi connectivity index (χ4v) is 2.17. The molecule has 17 heavy (non-hydrogen) atoms. The van der Waals surface area contributed by atoms with Gasteiger partial charge in [0.1, 0.15) is 5.65 Å². The van der Waals surface area contributed by atoms with Crippen molar-refractivity contribution in [3.63, 3.8) is 0 Å². The third-order valence-corrected chi connectivity index (χ3v) is 3.06. The van der Waals surface area contributed by atoms with Crippen LogP contribution in [0.25, 0.3) is 22.2 Å². The van der Waals surface area contributed by atoms with E-state index in [9.17, 15) is 0 Å². The lowest BCUT2D eigenvalue weighted by atomic mass is 10.1. The lowest BCUT2D eigenvalue weighted by Crippen LogP contribution is -1.86. The molecule has 0 saturated carbocycles. The zero-order valence-electron chi connectivity index (χ0n) is 10.2. The number of H-pyrrole nitrogens is 1. The van der Waals surface area contributed by atoms with Crippen LogP contribution >= 0.6 is 0 Å². The molecule has 0 aliphatic carbocycles. The Morgan fingerprint density at radius 3 is 2.82 bits per heavy atom. The summed E-state index contributed by atoms with van der Waals surface area (Å²) in [4.78, 5) is 7.59. The van der Waals surface area contributed by atoms with E-state index >= 15 is 0 Å². The van der Waals surface area contributed by atoms with Crippen molar-refractivity contribution in [3.8, 4) is 11.1 Å². The van der Waals surface area contributed by atoms with E-state index in [1.54, 1.807) is 0 Å². The summed E-state index contributed by atoms with van der Waals surface area (Å²) in [6.45, 7) is 4.10. The Morgan fingerprint density at radius 1 is 1.29 bits per heavy atom. The number of nitrogens with one attached hydrogen (secondary N) is 1. The van der Waals surface area contributed by atoms with Gasteiger partial charge < -0.3 is 4.98 Å². The second kappa shape index (κ2) is 3.45. The molecule has 1 N–H and O–H groups in total. The fraction of sp³-hybridized carbons (Fsp3) is 0.231. The van der Waals surface area contributed by atoms with Crippen molar-refractivity contribution in [1.29, 1.82) is 0 Å². The number of nitrogens with zero attached hydrogens (tertiary/aromatic N) is 3. The van der Waals surface area contributed by atoms with Crippen molar-refractivity contribution in [2.75, 3.05) is 0 Å². The number of hydrogen-bond donors (Lipinski definition) is 1. The molecular weight excluding hydrogens is 212 g/mol. The molecule has 0 aromatic carbocycles. The van der Waals surface area contributed by atoms with Crippen molar-refractivity contribution in [3.05, 3.63) is 35.9 Å². The van der Waals surface area contributed by atoms with Gasteiger partial charge in [0.05, 0.1) is 5.69 Å². The van der Waals surface area contributed by atoms with E-state index in [4.69, 9.17) is 0 Å². The predicted molar refractivity (Wildman–Crippen MR) is 67.8 cm³/mol. The number of fused-ring (bicyclic) bond motifs is 1. The van der Waals surface area contributed by atoms with E-state index in [0.717, 1.165) is 22.5 Å². The predicted octanol–water partition coefficient (Wildman–Crippen LogP) is 2.58. The second-order valence-electron chi connectivity index (χ2n) is 4.39. The van der Waals surface area contributed by atoms with Crippen LogP contribution in [0.1, 0.15) is 11.3 Å². The van der Waals surface area contributed by atoms with E-state index in [-0.39, 0.29) is 0 Å². The summed E-state index contributed by atoms with van der Waals surface area (Å²) in [6.07, 6.45) is 5.90. The van der Waals surface area contributed by atoms with Gasteiger partial charge in [-0.2, -0.15) is 5.10 Å². The van der Waals surface area contributed by atoms with Gasteiger partial charge in [-0.25, -0.2) is 4.98 Å². The van der Waals surface area contributed by atoms with Crippen molar-refractivity contribution >= 4 is 11.0 Å². The van der Waals surface area contributed by atoms with Crippen LogP contribution in [-0.4, -0.2) is 19.7 Å². The van der Waals surface area contributed by atoms with Gasteiger partial charge in [-0.1, -0.05) is 0 Å². The van der Waals surface area contributed by atoms with Gasteiger partial charge in [0, 0.05) is 42.2 Å². The number of hydrogen-bond acceptors (Lipinski definition) is 2. The number of pyridine rings is 1. The summed E-state index contributed by atoms with van der Waals surface area (Å²) in [7, 11) is 1.93. The Bertz CT molecular complexity index is 691. The first-order valence-electron chi connectivity index (χ1n) is 5.59. The molecule has 0 atom stereocenters. The molecule has 3 rings (SSSR count). The number of aryl methyl sites for hydroxylation is 3. The molecule has 0 unspecified atom stereocenters. The maximum Gasteiger partial charge on any atom is 0.137 e. The first kappa shape index (κ1) is 10.1. The Balaban J connectivity index is 2.23. The molecule has 0 fully saturated rings. The van der Waals surface area contributed by atoms with Crippen LogP contribution in [0.4, 0.5) is 0 Å². The third-order valence-electron chi connectivity index (χ3n) is 3.06. The summed E-state index contributed by atoms with van der Waals surface area (Å²) >= 11 is 0.